The van der Waals surface area contributed by atoms with Gasteiger partial charge in [0.2, 0.25) is 0 Å². The van der Waals surface area contributed by atoms with Crippen LogP contribution in [-0.4, -0.2) is 49.0 Å². The fraction of sp³-hybridized carbons (Fsp3) is 0.462. The highest BCUT2D eigenvalue weighted by molar-refractivity contribution is 5.95. The largest absolute Gasteiger partial charge is 0.304 e. The highest BCUT2D eigenvalue weighted by atomic mass is 16.2. The zero-order chi connectivity index (χ0) is 12.3. The second-order valence-electron chi connectivity index (χ2n) is 4.55. The molecule has 1 saturated heterocycles. The average Bonchev–Trinajstić information content (AvgIpc) is 2.32. The fourth-order valence-electron chi connectivity index (χ4n) is 1.95. The Morgan fingerprint density at radius 2 is 1.82 bits per heavy atom. The molecule has 92 valence electrons. The van der Waals surface area contributed by atoms with Gasteiger partial charge in [0.05, 0.1) is 0 Å². The number of amides is 1. The van der Waals surface area contributed by atoms with Crippen molar-refractivity contribution in [3.63, 3.8) is 0 Å². The van der Waals surface area contributed by atoms with E-state index in [-0.39, 0.29) is 5.91 Å². The second-order valence-corrected chi connectivity index (χ2v) is 4.55. The first-order valence-corrected chi connectivity index (χ1v) is 5.97. The Bertz CT molecular complexity index is 397. The number of aryl methyl sites for hydroxylation is 1. The summed E-state index contributed by atoms with van der Waals surface area (Å²) in [7, 11) is 2.10. The molecule has 0 saturated carbocycles. The fourth-order valence-corrected chi connectivity index (χ4v) is 1.95. The van der Waals surface area contributed by atoms with Gasteiger partial charge in [-0.15, -0.1) is 0 Å². The van der Waals surface area contributed by atoms with E-state index in [2.05, 4.69) is 17.4 Å². The molecular weight excluding hydrogens is 214 g/mol. The van der Waals surface area contributed by atoms with E-state index in [4.69, 9.17) is 0 Å². The van der Waals surface area contributed by atoms with E-state index < -0.39 is 0 Å². The SMILES string of the molecule is Cc1ccccc1C(=O)NN1CCN(C)CC1. The van der Waals surface area contributed by atoms with Gasteiger partial charge in [-0.2, -0.15) is 0 Å². The molecule has 4 heteroatoms. The van der Waals surface area contributed by atoms with Crippen molar-refractivity contribution < 1.29 is 4.79 Å². The lowest BCUT2D eigenvalue weighted by Crippen LogP contribution is -2.52. The molecule has 0 spiro atoms. The van der Waals surface area contributed by atoms with Gasteiger partial charge < -0.3 is 4.90 Å². The summed E-state index contributed by atoms with van der Waals surface area (Å²) >= 11 is 0. The van der Waals surface area contributed by atoms with Crippen LogP contribution in [0.2, 0.25) is 0 Å². The third-order valence-corrected chi connectivity index (χ3v) is 3.15. The Morgan fingerprint density at radius 3 is 2.47 bits per heavy atom. The van der Waals surface area contributed by atoms with Crippen molar-refractivity contribution in [2.75, 3.05) is 33.2 Å². The molecule has 1 fully saturated rings. The van der Waals surface area contributed by atoms with Crippen LogP contribution < -0.4 is 5.43 Å². The van der Waals surface area contributed by atoms with Gasteiger partial charge in [-0.25, -0.2) is 5.01 Å². The first-order chi connectivity index (χ1) is 8.16. The lowest BCUT2D eigenvalue weighted by Gasteiger charge is -2.32. The van der Waals surface area contributed by atoms with E-state index in [9.17, 15) is 4.79 Å². The molecule has 0 aliphatic carbocycles. The van der Waals surface area contributed by atoms with E-state index >= 15 is 0 Å². The van der Waals surface area contributed by atoms with Gasteiger partial charge in [0.25, 0.3) is 5.91 Å². The van der Waals surface area contributed by atoms with Gasteiger partial charge in [-0.1, -0.05) is 18.2 Å². The molecule has 0 radical (unpaired) electrons. The van der Waals surface area contributed by atoms with Crippen LogP contribution >= 0.6 is 0 Å². The molecule has 4 nitrogen and oxygen atoms in total. The summed E-state index contributed by atoms with van der Waals surface area (Å²) in [4.78, 5) is 14.3. The number of nitrogens with one attached hydrogen (secondary N) is 1. The van der Waals surface area contributed by atoms with Crippen LogP contribution in [-0.2, 0) is 0 Å². The van der Waals surface area contributed by atoms with Crippen LogP contribution in [0.15, 0.2) is 24.3 Å². The minimum Gasteiger partial charge on any atom is -0.304 e. The summed E-state index contributed by atoms with van der Waals surface area (Å²) in [6, 6.07) is 7.66. The Morgan fingerprint density at radius 1 is 1.18 bits per heavy atom. The summed E-state index contributed by atoms with van der Waals surface area (Å²) in [5, 5.41) is 1.99. The van der Waals surface area contributed by atoms with Gasteiger partial charge >= 0.3 is 0 Å². The number of hydrogen-bond donors (Lipinski definition) is 1. The van der Waals surface area contributed by atoms with Crippen LogP contribution in [0, 0.1) is 6.92 Å². The molecule has 0 aromatic heterocycles. The van der Waals surface area contributed by atoms with Crippen LogP contribution in [0.3, 0.4) is 0 Å². The van der Waals surface area contributed by atoms with E-state index in [1.54, 1.807) is 0 Å². The van der Waals surface area contributed by atoms with Crippen molar-refractivity contribution in [1.29, 1.82) is 0 Å². The van der Waals surface area contributed by atoms with Crippen LogP contribution in [0.1, 0.15) is 15.9 Å². The first-order valence-electron chi connectivity index (χ1n) is 5.97. The standard InChI is InChI=1S/C13H19N3O/c1-11-5-3-4-6-12(11)13(17)14-16-9-7-15(2)8-10-16/h3-6H,7-10H2,1-2H3,(H,14,17). The lowest BCUT2D eigenvalue weighted by atomic mass is 10.1. The second kappa shape index (κ2) is 5.29. The maximum atomic E-state index is 12.0. The molecule has 1 aromatic carbocycles. The number of carbonyl (C=O) groups is 1. The molecule has 1 N–H and O–H groups in total. The van der Waals surface area contributed by atoms with Crippen molar-refractivity contribution in [2.45, 2.75) is 6.92 Å². The molecule has 0 atom stereocenters. The highest BCUT2D eigenvalue weighted by Gasteiger charge is 2.17. The minimum absolute atomic E-state index is 0.00680. The number of carbonyl (C=O) groups excluding carboxylic acids is 1. The minimum atomic E-state index is -0.00680. The van der Waals surface area contributed by atoms with Crippen molar-refractivity contribution in [2.24, 2.45) is 0 Å². The molecule has 17 heavy (non-hydrogen) atoms. The van der Waals surface area contributed by atoms with Gasteiger partial charge in [0, 0.05) is 31.7 Å². The third kappa shape index (κ3) is 3.05. The maximum Gasteiger partial charge on any atom is 0.265 e. The van der Waals surface area contributed by atoms with Crippen LogP contribution in [0.5, 0.6) is 0 Å². The normalized spacial score (nSPS) is 18.0. The van der Waals surface area contributed by atoms with Gasteiger partial charge in [-0.3, -0.25) is 10.2 Å². The molecule has 1 heterocycles. The smallest absolute Gasteiger partial charge is 0.265 e. The molecule has 1 aliphatic rings. The van der Waals surface area contributed by atoms with E-state index in [1.165, 1.54) is 0 Å². The monoisotopic (exact) mass is 233 g/mol. The van der Waals surface area contributed by atoms with E-state index in [1.807, 2.05) is 36.2 Å². The van der Waals surface area contributed by atoms with E-state index in [0.29, 0.717) is 0 Å². The number of hydrazine groups is 1. The highest BCUT2D eigenvalue weighted by Crippen LogP contribution is 2.07. The Labute approximate surface area is 102 Å². The number of hydrogen-bond acceptors (Lipinski definition) is 3. The van der Waals surface area contributed by atoms with E-state index in [0.717, 1.165) is 37.3 Å². The lowest BCUT2D eigenvalue weighted by molar-refractivity contribution is 0.0662. The summed E-state index contributed by atoms with van der Waals surface area (Å²) < 4.78 is 0. The van der Waals surface area contributed by atoms with Crippen molar-refractivity contribution in [3.8, 4) is 0 Å². The Hall–Kier alpha value is -1.39. The zero-order valence-corrected chi connectivity index (χ0v) is 10.4. The van der Waals surface area contributed by atoms with Crippen LogP contribution in [0.25, 0.3) is 0 Å². The molecule has 0 bridgehead atoms. The summed E-state index contributed by atoms with van der Waals surface area (Å²) in [6.07, 6.45) is 0. The van der Waals surface area contributed by atoms with Gasteiger partial charge in [0.15, 0.2) is 0 Å². The number of rotatable bonds is 2. The Kier molecular flexibility index (Phi) is 3.76. The van der Waals surface area contributed by atoms with Crippen LogP contribution in [0.4, 0.5) is 0 Å². The van der Waals surface area contributed by atoms with Gasteiger partial charge in [0.1, 0.15) is 0 Å². The Balaban J connectivity index is 1.96. The molecule has 0 unspecified atom stereocenters. The summed E-state index contributed by atoms with van der Waals surface area (Å²) in [5.41, 5.74) is 4.73. The quantitative estimate of drug-likeness (QED) is 0.824. The van der Waals surface area contributed by atoms with Gasteiger partial charge in [-0.05, 0) is 25.6 Å². The van der Waals surface area contributed by atoms with Crippen molar-refractivity contribution >= 4 is 5.91 Å². The number of likely N-dealkylation sites (N-methyl/N-ethyl adjacent to an activating group) is 1. The molecular formula is C13H19N3O. The number of benzene rings is 1. The summed E-state index contributed by atoms with van der Waals surface area (Å²) in [5.74, 6) is -0.00680. The molecule has 1 aliphatic heterocycles. The summed E-state index contributed by atoms with van der Waals surface area (Å²) in [6.45, 7) is 5.71. The number of piperazine rings is 1. The average molecular weight is 233 g/mol. The number of nitrogens with zero attached hydrogens (tertiary/aromatic N) is 2. The maximum absolute atomic E-state index is 12.0. The molecule has 1 aromatic rings. The van der Waals surface area contributed by atoms with Crippen molar-refractivity contribution in [3.05, 3.63) is 35.4 Å². The molecule has 2 rings (SSSR count). The predicted octanol–water partition coefficient (Wildman–Crippen LogP) is 0.887. The third-order valence-electron chi connectivity index (χ3n) is 3.15. The molecule has 1 amide bonds. The predicted molar refractivity (Wildman–Crippen MR) is 67.7 cm³/mol. The van der Waals surface area contributed by atoms with Crippen molar-refractivity contribution in [1.82, 2.24) is 15.3 Å². The first kappa shape index (κ1) is 12.1. The zero-order valence-electron chi connectivity index (χ0n) is 10.4. The topological polar surface area (TPSA) is 35.6 Å².